The van der Waals surface area contributed by atoms with Crippen LogP contribution >= 0.6 is 0 Å². The zero-order valence-corrected chi connectivity index (χ0v) is 12.6. The fourth-order valence-corrected chi connectivity index (χ4v) is 0. The standard InChI is InChI=1S/Al.K.2H2O4S.2H2O/c;;2*1-5(2,3)4;;/h;;2*(H2,1,2,3,4);2*1H2/q+3;+1;;;;/p-4. The summed E-state index contributed by atoms with van der Waals surface area (Å²) in [7, 11) is -10.3. The summed E-state index contributed by atoms with van der Waals surface area (Å²) in [5, 5.41) is 0. The third kappa shape index (κ3) is 680. The Kier molecular flexibility index (Phi) is 38.2. The maximum atomic E-state index is 8.52. The van der Waals surface area contributed by atoms with Crippen LogP contribution in [0.5, 0.6) is 0 Å². The van der Waals surface area contributed by atoms with Crippen LogP contribution in [-0.2, 0) is 20.8 Å². The minimum absolute atomic E-state index is 0. The molecule has 0 aromatic rings. The summed E-state index contributed by atoms with van der Waals surface area (Å²) in [4.78, 5) is 0. The molecular formula is H4AlKO10S2. The molecule has 14 heteroatoms. The Balaban J connectivity index is -0.0000000178. The largest absolute Gasteiger partial charge is 3.00 e. The molecule has 0 radical (unpaired) electrons. The first-order chi connectivity index (χ1) is 4.00. The number of rotatable bonds is 0. The first-order valence-corrected chi connectivity index (χ1v) is 4.00. The van der Waals surface area contributed by atoms with Gasteiger partial charge in [0.1, 0.15) is 0 Å². The Morgan fingerprint density at radius 2 is 0.643 bits per heavy atom. The molecule has 80 valence electrons. The molecular weight excluding hydrogens is 290 g/mol. The van der Waals surface area contributed by atoms with E-state index in [9.17, 15) is 0 Å². The Bertz CT molecular complexity index is 214. The van der Waals surface area contributed by atoms with Crippen molar-refractivity contribution in [2.45, 2.75) is 0 Å². The second-order valence-corrected chi connectivity index (χ2v) is 2.45. The van der Waals surface area contributed by atoms with E-state index >= 15 is 0 Å². The topological polar surface area (TPSA) is 224 Å². The van der Waals surface area contributed by atoms with E-state index in [1.807, 2.05) is 0 Å². The summed E-state index contributed by atoms with van der Waals surface area (Å²) in [5.41, 5.74) is 0. The van der Waals surface area contributed by atoms with Crippen LogP contribution in [0.2, 0.25) is 0 Å². The van der Waals surface area contributed by atoms with Gasteiger partial charge in [0, 0.05) is 20.8 Å². The molecule has 0 aliphatic carbocycles. The zero-order valence-electron chi connectivity index (χ0n) is 6.66. The van der Waals surface area contributed by atoms with Crippen molar-refractivity contribution in [3.63, 3.8) is 0 Å². The van der Waals surface area contributed by atoms with E-state index in [4.69, 9.17) is 35.0 Å². The van der Waals surface area contributed by atoms with Crippen LogP contribution in [0.3, 0.4) is 0 Å². The van der Waals surface area contributed by atoms with Crippen LogP contribution in [0, 0.1) is 0 Å². The first-order valence-electron chi connectivity index (χ1n) is 1.33. The summed E-state index contributed by atoms with van der Waals surface area (Å²) >= 11 is 0. The van der Waals surface area contributed by atoms with Gasteiger partial charge in [-0.2, -0.15) is 0 Å². The zero-order chi connectivity index (χ0) is 9.00. The van der Waals surface area contributed by atoms with Gasteiger partial charge in [-0.05, 0) is 0 Å². The molecule has 4 N–H and O–H groups in total. The van der Waals surface area contributed by atoms with Gasteiger partial charge in [-0.3, -0.25) is 16.8 Å². The van der Waals surface area contributed by atoms with Gasteiger partial charge in [0.15, 0.2) is 0 Å². The van der Waals surface area contributed by atoms with E-state index in [1.165, 1.54) is 0 Å². The van der Waals surface area contributed by atoms with Crippen LogP contribution in [0.15, 0.2) is 0 Å². The van der Waals surface area contributed by atoms with Crippen LogP contribution < -0.4 is 51.4 Å². The Labute approximate surface area is 133 Å². The van der Waals surface area contributed by atoms with Gasteiger partial charge in [-0.25, -0.2) is 0 Å². The first kappa shape index (κ1) is 36.0. The molecule has 0 saturated carbocycles. The molecule has 0 bridgehead atoms. The van der Waals surface area contributed by atoms with Gasteiger partial charge in [-0.1, -0.05) is 0 Å². The molecule has 0 atom stereocenters. The van der Waals surface area contributed by atoms with Crippen molar-refractivity contribution in [3.8, 4) is 0 Å². The van der Waals surface area contributed by atoms with Gasteiger partial charge >= 0.3 is 68.7 Å². The van der Waals surface area contributed by atoms with Crippen molar-refractivity contribution in [2.75, 3.05) is 0 Å². The molecule has 10 nitrogen and oxygen atoms in total. The van der Waals surface area contributed by atoms with Crippen molar-refractivity contribution >= 4 is 38.2 Å². The van der Waals surface area contributed by atoms with Crippen molar-refractivity contribution in [1.82, 2.24) is 0 Å². The summed E-state index contributed by atoms with van der Waals surface area (Å²) in [6.07, 6.45) is 0. The van der Waals surface area contributed by atoms with Crippen LogP contribution in [0.1, 0.15) is 0 Å². The van der Waals surface area contributed by atoms with Crippen molar-refractivity contribution in [3.05, 3.63) is 0 Å². The molecule has 0 rings (SSSR count). The predicted octanol–water partition coefficient (Wildman–Crippen LogP) is -7.70. The quantitative estimate of drug-likeness (QED) is 0.236. The summed E-state index contributed by atoms with van der Waals surface area (Å²) < 4.78 is 68.2. The predicted molar refractivity (Wildman–Crippen MR) is 33.9 cm³/mol. The van der Waals surface area contributed by atoms with E-state index in [0.717, 1.165) is 0 Å². The Morgan fingerprint density at radius 3 is 0.643 bits per heavy atom. The fourth-order valence-electron chi connectivity index (χ4n) is 0. The third-order valence-electron chi connectivity index (χ3n) is 0. The van der Waals surface area contributed by atoms with E-state index < -0.39 is 20.8 Å². The molecule has 0 heterocycles. The SMILES string of the molecule is O.O.O=S(=O)([O-])[O-].O=S(=O)([O-])[O-].[Al+3].[K+]. The van der Waals surface area contributed by atoms with E-state index in [0.29, 0.717) is 0 Å². The second-order valence-electron chi connectivity index (χ2n) is 0.816. The van der Waals surface area contributed by atoms with Gasteiger partial charge in [-0.15, -0.1) is 0 Å². The second kappa shape index (κ2) is 14.8. The molecule has 0 aliphatic rings. The molecule has 14 heavy (non-hydrogen) atoms. The Morgan fingerprint density at radius 1 is 0.643 bits per heavy atom. The van der Waals surface area contributed by atoms with Crippen molar-refractivity contribution in [1.29, 1.82) is 0 Å². The molecule has 0 aromatic heterocycles. The third-order valence-corrected chi connectivity index (χ3v) is 0. The molecule has 0 aliphatic heterocycles. The fraction of sp³-hybridized carbons (Fsp3) is 0. The maximum Gasteiger partial charge on any atom is 3.00 e. The van der Waals surface area contributed by atoms with Gasteiger partial charge in [0.25, 0.3) is 0 Å². The van der Waals surface area contributed by atoms with Gasteiger partial charge in [0.2, 0.25) is 0 Å². The normalized spacial score (nSPS) is 8.29. The molecule has 0 saturated heterocycles. The Hall–Kier alpha value is 1.83. The van der Waals surface area contributed by atoms with E-state index in [1.54, 1.807) is 0 Å². The molecule has 0 fully saturated rings. The summed E-state index contributed by atoms with van der Waals surface area (Å²) in [6.45, 7) is 0. The van der Waals surface area contributed by atoms with Crippen molar-refractivity contribution < 1.29 is 97.4 Å². The number of hydrogen-bond acceptors (Lipinski definition) is 8. The van der Waals surface area contributed by atoms with E-state index in [2.05, 4.69) is 0 Å². The molecule has 0 spiro atoms. The van der Waals surface area contributed by atoms with Crippen molar-refractivity contribution in [2.24, 2.45) is 0 Å². The minimum Gasteiger partial charge on any atom is -0.759 e. The smallest absolute Gasteiger partial charge is 0.759 e. The van der Waals surface area contributed by atoms with Crippen LogP contribution in [-0.4, -0.2) is 63.4 Å². The average Bonchev–Trinajstić information content (AvgIpc) is 1.12. The van der Waals surface area contributed by atoms with Gasteiger partial charge < -0.3 is 29.2 Å². The maximum absolute atomic E-state index is 8.52. The molecule has 0 aromatic carbocycles. The number of hydrogen-bond donors (Lipinski definition) is 0. The molecule has 0 amide bonds. The van der Waals surface area contributed by atoms with Crippen LogP contribution in [0.25, 0.3) is 0 Å². The van der Waals surface area contributed by atoms with Gasteiger partial charge in [0.05, 0.1) is 0 Å². The monoisotopic (exact) mass is 294 g/mol. The van der Waals surface area contributed by atoms with E-state index in [-0.39, 0.29) is 79.7 Å². The van der Waals surface area contributed by atoms with Crippen LogP contribution in [0.4, 0.5) is 0 Å². The minimum atomic E-state index is -5.17. The molecule has 0 unspecified atom stereocenters. The average molecular weight is 294 g/mol. The summed E-state index contributed by atoms with van der Waals surface area (Å²) in [5.74, 6) is 0. The summed E-state index contributed by atoms with van der Waals surface area (Å²) in [6, 6.07) is 0.